The average molecular weight is 405 g/mol. The average Bonchev–Trinajstić information content (AvgIpc) is 3.11. The molecule has 4 nitrogen and oxygen atoms in total. The normalized spacial score (nSPS) is 11.0. The number of halogens is 1. The Morgan fingerprint density at radius 1 is 1.14 bits per heavy atom. The van der Waals surface area contributed by atoms with Gasteiger partial charge < -0.3 is 14.2 Å². The quantitative estimate of drug-likeness (QED) is 0.411. The van der Waals surface area contributed by atoms with E-state index in [0.29, 0.717) is 26.1 Å². The highest BCUT2D eigenvalue weighted by Crippen LogP contribution is 2.15. The van der Waals surface area contributed by atoms with Crippen LogP contribution in [-0.2, 0) is 22.6 Å². The Hall–Kier alpha value is -1.78. The molecule has 0 N–H and O–H groups in total. The number of carbonyl (C=O) groups excluding carboxylic acids is 1. The summed E-state index contributed by atoms with van der Waals surface area (Å²) < 4.78 is 7.40. The molecule has 0 aliphatic heterocycles. The van der Waals surface area contributed by atoms with Gasteiger partial charge in [0, 0.05) is 43.5 Å². The first kappa shape index (κ1) is 22.5. The van der Waals surface area contributed by atoms with E-state index in [9.17, 15) is 4.79 Å². The minimum Gasteiger partial charge on any atom is -0.383 e. The molecule has 0 unspecified atom stereocenters. The van der Waals surface area contributed by atoms with Crippen LogP contribution in [-0.4, -0.2) is 35.6 Å². The molecule has 1 aromatic heterocycles. The molecular weight excluding hydrogens is 372 g/mol. The molecule has 1 amide bonds. The molecule has 0 atom stereocenters. The van der Waals surface area contributed by atoms with Gasteiger partial charge in [-0.25, -0.2) is 0 Å². The van der Waals surface area contributed by atoms with Gasteiger partial charge in [0.15, 0.2) is 0 Å². The van der Waals surface area contributed by atoms with E-state index in [0.717, 1.165) is 35.7 Å². The fraction of sp³-hybridized carbons (Fsp3) is 0.522. The van der Waals surface area contributed by atoms with Crippen molar-refractivity contribution in [2.24, 2.45) is 0 Å². The Kier molecular flexibility index (Phi) is 10.2. The molecule has 0 saturated heterocycles. The van der Waals surface area contributed by atoms with Crippen LogP contribution in [0.1, 0.15) is 56.7 Å². The van der Waals surface area contributed by atoms with E-state index in [1.54, 1.807) is 7.11 Å². The summed E-state index contributed by atoms with van der Waals surface area (Å²) in [4.78, 5) is 14.7. The maximum absolute atomic E-state index is 12.8. The monoisotopic (exact) mass is 404 g/mol. The maximum atomic E-state index is 12.8. The first-order chi connectivity index (χ1) is 13.6. The van der Waals surface area contributed by atoms with Crippen molar-refractivity contribution in [1.29, 1.82) is 0 Å². The number of unbranched alkanes of at least 4 members (excludes halogenated alkanes) is 4. The second-order valence-corrected chi connectivity index (χ2v) is 7.67. The van der Waals surface area contributed by atoms with E-state index >= 15 is 0 Å². The zero-order valence-electron chi connectivity index (χ0n) is 17.2. The highest BCUT2D eigenvalue weighted by Gasteiger charge is 2.15. The first-order valence-electron chi connectivity index (χ1n) is 10.3. The largest absolute Gasteiger partial charge is 0.383 e. The van der Waals surface area contributed by atoms with Gasteiger partial charge in [0.05, 0.1) is 13.2 Å². The SMILES string of the molecule is CCCCCCCC(=O)N(CCOC)Cc1cccn1Cc1cccc(Cl)c1. The Labute approximate surface area is 174 Å². The third-order valence-electron chi connectivity index (χ3n) is 4.93. The summed E-state index contributed by atoms with van der Waals surface area (Å²) in [5.74, 6) is 0.212. The third-order valence-corrected chi connectivity index (χ3v) is 5.17. The second-order valence-electron chi connectivity index (χ2n) is 7.23. The zero-order valence-corrected chi connectivity index (χ0v) is 18.0. The number of rotatable bonds is 13. The van der Waals surface area contributed by atoms with Crippen molar-refractivity contribution in [3.63, 3.8) is 0 Å². The Balaban J connectivity index is 1.98. The van der Waals surface area contributed by atoms with Crippen LogP contribution in [0.25, 0.3) is 0 Å². The van der Waals surface area contributed by atoms with Gasteiger partial charge in [-0.3, -0.25) is 4.79 Å². The van der Waals surface area contributed by atoms with Crippen LogP contribution in [0.3, 0.4) is 0 Å². The summed E-state index contributed by atoms with van der Waals surface area (Å²) in [6.45, 7) is 4.72. The minimum atomic E-state index is 0.212. The van der Waals surface area contributed by atoms with Crippen molar-refractivity contribution in [1.82, 2.24) is 9.47 Å². The molecule has 5 heteroatoms. The van der Waals surface area contributed by atoms with Gasteiger partial charge in [-0.15, -0.1) is 0 Å². The standard InChI is InChI=1S/C23H33ClN2O2/c1-3-4-5-6-7-13-23(27)26(15-16-28-2)19-22-12-9-14-25(22)18-20-10-8-11-21(24)17-20/h8-12,14,17H,3-7,13,15-16,18-19H2,1-2H3. The lowest BCUT2D eigenvalue weighted by molar-refractivity contribution is -0.132. The Morgan fingerprint density at radius 3 is 2.71 bits per heavy atom. The van der Waals surface area contributed by atoms with Crippen LogP contribution >= 0.6 is 11.6 Å². The number of benzene rings is 1. The molecule has 2 rings (SSSR count). The Bertz CT molecular complexity index is 714. The van der Waals surface area contributed by atoms with Crippen molar-refractivity contribution in [2.75, 3.05) is 20.3 Å². The van der Waals surface area contributed by atoms with Crippen LogP contribution in [0.5, 0.6) is 0 Å². The van der Waals surface area contributed by atoms with Crippen LogP contribution in [0, 0.1) is 0 Å². The van der Waals surface area contributed by atoms with Crippen molar-refractivity contribution in [3.8, 4) is 0 Å². The molecule has 0 aliphatic carbocycles. The lowest BCUT2D eigenvalue weighted by atomic mass is 10.1. The van der Waals surface area contributed by atoms with Gasteiger partial charge >= 0.3 is 0 Å². The lowest BCUT2D eigenvalue weighted by Crippen LogP contribution is -2.34. The van der Waals surface area contributed by atoms with E-state index in [2.05, 4.69) is 29.8 Å². The van der Waals surface area contributed by atoms with E-state index in [1.807, 2.05) is 29.2 Å². The first-order valence-corrected chi connectivity index (χ1v) is 10.7. The molecule has 28 heavy (non-hydrogen) atoms. The summed E-state index contributed by atoms with van der Waals surface area (Å²) in [5, 5.41) is 0.742. The number of nitrogens with zero attached hydrogens (tertiary/aromatic N) is 2. The lowest BCUT2D eigenvalue weighted by Gasteiger charge is -2.23. The molecular formula is C23H33ClN2O2. The number of amides is 1. The van der Waals surface area contributed by atoms with Gasteiger partial charge in [-0.1, -0.05) is 56.3 Å². The molecule has 0 radical (unpaired) electrons. The maximum Gasteiger partial charge on any atom is 0.222 e. The number of hydrogen-bond acceptors (Lipinski definition) is 2. The molecule has 154 valence electrons. The number of ether oxygens (including phenoxy) is 1. The third kappa shape index (κ3) is 7.69. The minimum absolute atomic E-state index is 0.212. The molecule has 1 heterocycles. The predicted molar refractivity (Wildman–Crippen MR) is 116 cm³/mol. The molecule has 2 aromatic rings. The highest BCUT2D eigenvalue weighted by atomic mass is 35.5. The van der Waals surface area contributed by atoms with Crippen LogP contribution in [0.4, 0.5) is 0 Å². The van der Waals surface area contributed by atoms with Gasteiger partial charge in [-0.05, 0) is 36.2 Å². The topological polar surface area (TPSA) is 34.5 Å². The number of carbonyl (C=O) groups is 1. The smallest absolute Gasteiger partial charge is 0.222 e. The van der Waals surface area contributed by atoms with Crippen molar-refractivity contribution in [2.45, 2.75) is 58.5 Å². The van der Waals surface area contributed by atoms with E-state index < -0.39 is 0 Å². The number of aromatic nitrogens is 1. The molecule has 0 fully saturated rings. The Morgan fingerprint density at radius 2 is 1.96 bits per heavy atom. The fourth-order valence-electron chi connectivity index (χ4n) is 3.31. The van der Waals surface area contributed by atoms with Crippen molar-refractivity contribution < 1.29 is 9.53 Å². The highest BCUT2D eigenvalue weighted by molar-refractivity contribution is 6.30. The van der Waals surface area contributed by atoms with E-state index in [4.69, 9.17) is 16.3 Å². The molecule has 0 aliphatic rings. The van der Waals surface area contributed by atoms with E-state index in [1.165, 1.54) is 19.3 Å². The zero-order chi connectivity index (χ0) is 20.2. The number of methoxy groups -OCH3 is 1. The molecule has 0 bridgehead atoms. The van der Waals surface area contributed by atoms with Crippen molar-refractivity contribution in [3.05, 3.63) is 58.9 Å². The molecule has 0 saturated carbocycles. The summed E-state index contributed by atoms with van der Waals surface area (Å²) >= 11 is 6.11. The van der Waals surface area contributed by atoms with Gasteiger partial charge in [-0.2, -0.15) is 0 Å². The fourth-order valence-corrected chi connectivity index (χ4v) is 3.52. The molecule has 0 spiro atoms. The van der Waals surface area contributed by atoms with Gasteiger partial charge in [0.25, 0.3) is 0 Å². The molecule has 1 aromatic carbocycles. The van der Waals surface area contributed by atoms with E-state index in [-0.39, 0.29) is 5.91 Å². The summed E-state index contributed by atoms with van der Waals surface area (Å²) in [6.07, 6.45) is 8.44. The van der Waals surface area contributed by atoms with Crippen LogP contribution in [0.15, 0.2) is 42.6 Å². The summed E-state index contributed by atoms with van der Waals surface area (Å²) in [6, 6.07) is 12.0. The van der Waals surface area contributed by atoms with Gasteiger partial charge in [0.2, 0.25) is 5.91 Å². The summed E-state index contributed by atoms with van der Waals surface area (Å²) in [7, 11) is 1.68. The predicted octanol–water partition coefficient (Wildman–Crippen LogP) is 5.53. The second kappa shape index (κ2) is 12.6. The van der Waals surface area contributed by atoms with Crippen LogP contribution < -0.4 is 0 Å². The van der Waals surface area contributed by atoms with Crippen molar-refractivity contribution >= 4 is 17.5 Å². The summed E-state index contributed by atoms with van der Waals surface area (Å²) in [5.41, 5.74) is 2.27. The van der Waals surface area contributed by atoms with Gasteiger partial charge in [0.1, 0.15) is 0 Å². The number of hydrogen-bond donors (Lipinski definition) is 0. The van der Waals surface area contributed by atoms with Crippen LogP contribution in [0.2, 0.25) is 5.02 Å².